The molecule has 4 amide bonds. The van der Waals surface area contributed by atoms with Crippen LogP contribution in [0.4, 0.5) is 22.7 Å². The summed E-state index contributed by atoms with van der Waals surface area (Å²) >= 11 is 0. The van der Waals surface area contributed by atoms with Gasteiger partial charge in [0.25, 0.3) is 11.8 Å². The van der Waals surface area contributed by atoms with Gasteiger partial charge in [-0.25, -0.2) is 0 Å². The highest BCUT2D eigenvalue weighted by Gasteiger charge is 2.34. The van der Waals surface area contributed by atoms with Crippen molar-refractivity contribution in [1.29, 1.82) is 0 Å². The lowest BCUT2D eigenvalue weighted by atomic mass is 10.0. The molecule has 10 nitrogen and oxygen atoms in total. The van der Waals surface area contributed by atoms with Gasteiger partial charge in [-0.05, 0) is 80.7 Å². The quantitative estimate of drug-likeness (QED) is 0.180. The number of nitrogens with zero attached hydrogens (tertiary/aromatic N) is 2. The van der Waals surface area contributed by atoms with Crippen molar-refractivity contribution >= 4 is 67.9 Å². The van der Waals surface area contributed by atoms with Crippen LogP contribution in [0.3, 0.4) is 0 Å². The summed E-state index contributed by atoms with van der Waals surface area (Å²) in [5, 5.41) is 9.14. The van der Waals surface area contributed by atoms with Gasteiger partial charge in [-0.1, -0.05) is 51.3 Å². The lowest BCUT2D eigenvalue weighted by molar-refractivity contribution is -0.112. The van der Waals surface area contributed by atoms with E-state index >= 15 is 0 Å². The Morgan fingerprint density at radius 2 is 1.16 bits per heavy atom. The fraction of sp³-hybridized carbons (Fsp3) is 0.317. The molecule has 0 aromatic heterocycles. The van der Waals surface area contributed by atoms with Gasteiger partial charge in [0.1, 0.15) is 0 Å². The molecule has 4 aromatic carbocycles. The predicted octanol–water partition coefficient (Wildman–Crippen LogP) is 8.12. The molecule has 4 aromatic rings. The first-order valence-corrected chi connectivity index (χ1v) is 17.7. The van der Waals surface area contributed by atoms with E-state index in [1.165, 1.54) is 12.2 Å². The van der Waals surface area contributed by atoms with Crippen molar-refractivity contribution in [2.45, 2.75) is 58.2 Å². The average molecular weight is 693 g/mol. The van der Waals surface area contributed by atoms with Crippen LogP contribution in [0, 0.1) is 0 Å². The molecular formula is C41H48N4O6. The Bertz CT molecular complexity index is 2020. The summed E-state index contributed by atoms with van der Waals surface area (Å²) in [6.45, 7) is 13.6. The van der Waals surface area contributed by atoms with Gasteiger partial charge in [-0.15, -0.1) is 0 Å². The standard InChI is InChI=1S/C20H20N2O3.C19H18N2O3.C2H6.2H2/c1-2-18(23)21-16-9-10-17-19-14(16)7-5-8-15(19)20(24)22(17)12-13-6-3-4-11-25-13;1-2-17(22)20-15-8-9-16-18-13(15)6-3-7-14(18)19(23)21(16)11-12-5-4-10-24-12;1-2;;/h2,5,7-10,13H,1,3-4,6,11-12H2,(H,21,23);2-3,6-9,12H,1,4-5,10-11H2,(H,20,22);1-2H3;2*1H. The summed E-state index contributed by atoms with van der Waals surface area (Å²) in [4.78, 5) is 52.7. The second-order valence-corrected chi connectivity index (χ2v) is 12.6. The van der Waals surface area contributed by atoms with Gasteiger partial charge in [-0.3, -0.25) is 19.2 Å². The zero-order valence-corrected chi connectivity index (χ0v) is 29.2. The molecule has 8 rings (SSSR count). The number of benzene rings is 4. The summed E-state index contributed by atoms with van der Waals surface area (Å²) in [6, 6.07) is 18.7. The lowest BCUT2D eigenvalue weighted by Crippen LogP contribution is -2.37. The molecule has 4 aliphatic rings. The molecule has 2 atom stereocenters. The maximum atomic E-state index is 12.9. The molecule has 0 spiro atoms. The molecule has 268 valence electrons. The number of carbonyl (C=O) groups excluding carboxylic acids is 4. The Morgan fingerprint density at radius 3 is 1.55 bits per heavy atom. The number of carbonyl (C=O) groups is 4. The van der Waals surface area contributed by atoms with Gasteiger partial charge in [0, 0.05) is 60.1 Å². The van der Waals surface area contributed by atoms with Gasteiger partial charge < -0.3 is 29.9 Å². The molecule has 51 heavy (non-hydrogen) atoms. The molecule has 0 aliphatic carbocycles. The van der Waals surface area contributed by atoms with E-state index in [2.05, 4.69) is 23.8 Å². The second kappa shape index (κ2) is 15.7. The molecule has 0 saturated carbocycles. The molecule has 4 heterocycles. The van der Waals surface area contributed by atoms with E-state index in [9.17, 15) is 19.2 Å². The largest absolute Gasteiger partial charge is 0.376 e. The number of hydrogen-bond acceptors (Lipinski definition) is 6. The van der Waals surface area contributed by atoms with Crippen LogP contribution in [0.15, 0.2) is 86.0 Å². The van der Waals surface area contributed by atoms with Crippen molar-refractivity contribution in [3.8, 4) is 0 Å². The minimum absolute atomic E-state index is 0. The molecule has 2 N–H and O–H groups in total. The number of anilines is 4. The van der Waals surface area contributed by atoms with E-state index in [1.807, 2.05) is 79.4 Å². The Hall–Kier alpha value is -5.32. The van der Waals surface area contributed by atoms with Gasteiger partial charge in [0.15, 0.2) is 0 Å². The van der Waals surface area contributed by atoms with Gasteiger partial charge in [0.2, 0.25) is 11.8 Å². The minimum Gasteiger partial charge on any atom is -0.376 e. The minimum atomic E-state index is -0.267. The highest BCUT2D eigenvalue weighted by Crippen LogP contribution is 2.42. The maximum absolute atomic E-state index is 12.9. The van der Waals surface area contributed by atoms with Crippen LogP contribution >= 0.6 is 0 Å². The zero-order chi connectivity index (χ0) is 36.1. The van der Waals surface area contributed by atoms with Gasteiger partial charge in [-0.2, -0.15) is 0 Å². The Labute approximate surface area is 301 Å². The zero-order valence-electron chi connectivity index (χ0n) is 29.2. The van der Waals surface area contributed by atoms with Crippen LogP contribution < -0.4 is 20.4 Å². The number of rotatable bonds is 8. The SMILES string of the molecule is C=CC(=O)Nc1ccc2c3c(cccc13)C(=O)N2CC1CCCCO1.C=CC(=O)Nc1ccc2c3c(cccc13)C(=O)N2CC1CCCO1.CC.[HH].[HH]. The first-order valence-electron chi connectivity index (χ1n) is 17.7. The highest BCUT2D eigenvalue weighted by atomic mass is 16.5. The molecule has 2 fully saturated rings. The topological polar surface area (TPSA) is 117 Å². The van der Waals surface area contributed by atoms with E-state index in [1.54, 1.807) is 4.90 Å². The maximum Gasteiger partial charge on any atom is 0.259 e. The summed E-state index contributed by atoms with van der Waals surface area (Å²) in [6.07, 6.45) is 7.89. The van der Waals surface area contributed by atoms with E-state index < -0.39 is 0 Å². The molecule has 2 saturated heterocycles. The summed E-state index contributed by atoms with van der Waals surface area (Å²) in [5.41, 5.74) is 4.51. The molecule has 0 radical (unpaired) electrons. The molecule has 10 heteroatoms. The summed E-state index contributed by atoms with van der Waals surface area (Å²) in [5.74, 6) is -0.533. The van der Waals surface area contributed by atoms with Crippen molar-refractivity contribution in [2.75, 3.05) is 46.7 Å². The smallest absolute Gasteiger partial charge is 0.259 e. The molecule has 0 bridgehead atoms. The Kier molecular flexibility index (Phi) is 10.9. The van der Waals surface area contributed by atoms with Crippen LogP contribution in [0.5, 0.6) is 0 Å². The lowest BCUT2D eigenvalue weighted by Gasteiger charge is -2.27. The van der Waals surface area contributed by atoms with E-state index in [4.69, 9.17) is 9.47 Å². The van der Waals surface area contributed by atoms with Crippen LogP contribution in [-0.2, 0) is 19.1 Å². The van der Waals surface area contributed by atoms with Crippen LogP contribution in [0.25, 0.3) is 21.5 Å². The van der Waals surface area contributed by atoms with Crippen molar-refractivity contribution in [3.63, 3.8) is 0 Å². The molecule has 4 aliphatic heterocycles. The fourth-order valence-electron chi connectivity index (χ4n) is 7.19. The predicted molar refractivity (Wildman–Crippen MR) is 207 cm³/mol. The fourth-order valence-corrected chi connectivity index (χ4v) is 7.19. The number of ether oxygens (including phenoxy) is 2. The first kappa shape index (κ1) is 35.5. The van der Waals surface area contributed by atoms with Gasteiger partial charge in [0.05, 0.1) is 36.7 Å². The third-order valence-electron chi connectivity index (χ3n) is 9.53. The van der Waals surface area contributed by atoms with E-state index in [0.717, 1.165) is 78.2 Å². The van der Waals surface area contributed by atoms with Crippen LogP contribution in [0.1, 0.15) is 69.5 Å². The average Bonchev–Trinajstić information content (AvgIpc) is 3.86. The second-order valence-electron chi connectivity index (χ2n) is 12.6. The Morgan fingerprint density at radius 1 is 0.706 bits per heavy atom. The number of hydrogen-bond donors (Lipinski definition) is 2. The van der Waals surface area contributed by atoms with Crippen LogP contribution in [-0.4, -0.2) is 62.1 Å². The third-order valence-corrected chi connectivity index (χ3v) is 9.53. The van der Waals surface area contributed by atoms with Crippen LogP contribution in [0.2, 0.25) is 0 Å². The van der Waals surface area contributed by atoms with E-state index in [0.29, 0.717) is 35.6 Å². The first-order chi connectivity index (χ1) is 24.9. The van der Waals surface area contributed by atoms with Crippen molar-refractivity contribution in [1.82, 2.24) is 0 Å². The van der Waals surface area contributed by atoms with Crippen molar-refractivity contribution < 1.29 is 31.5 Å². The van der Waals surface area contributed by atoms with Gasteiger partial charge >= 0.3 is 0 Å². The number of nitrogens with one attached hydrogen (secondary N) is 2. The summed E-state index contributed by atoms with van der Waals surface area (Å²) in [7, 11) is 0. The van der Waals surface area contributed by atoms with Crippen molar-refractivity contribution in [3.05, 3.63) is 97.1 Å². The van der Waals surface area contributed by atoms with E-state index in [-0.39, 0.29) is 38.7 Å². The normalized spacial score (nSPS) is 18.5. The Balaban J connectivity index is 0.000000218. The number of amides is 4. The third kappa shape index (κ3) is 7.02. The molecular weight excluding hydrogens is 644 g/mol. The van der Waals surface area contributed by atoms with Crippen molar-refractivity contribution in [2.24, 2.45) is 0 Å². The highest BCUT2D eigenvalue weighted by molar-refractivity contribution is 6.28. The monoisotopic (exact) mass is 692 g/mol. The molecule has 2 unspecified atom stereocenters. The summed E-state index contributed by atoms with van der Waals surface area (Å²) < 4.78 is 11.5.